The second kappa shape index (κ2) is 7.10. The number of hydrogen-bond donors (Lipinski definition) is 2. The van der Waals surface area contributed by atoms with Gasteiger partial charge in [0.05, 0.1) is 5.41 Å². The van der Waals surface area contributed by atoms with E-state index in [2.05, 4.69) is 20.5 Å². The van der Waals surface area contributed by atoms with Crippen LogP contribution in [0.4, 0.5) is 10.1 Å². The number of H-pyrrole nitrogens is 1. The summed E-state index contributed by atoms with van der Waals surface area (Å²) in [7, 11) is 0. The molecule has 0 radical (unpaired) electrons. The molecule has 0 aliphatic heterocycles. The Morgan fingerprint density at radius 3 is 2.55 bits per heavy atom. The first-order chi connectivity index (χ1) is 14.1. The maximum absolute atomic E-state index is 13.8. The Bertz CT molecular complexity index is 1030. The van der Waals surface area contributed by atoms with Gasteiger partial charge in [-0.1, -0.05) is 25.0 Å². The predicted octanol–water partition coefficient (Wildman–Crippen LogP) is 4.94. The molecule has 2 N–H and O–H groups in total. The van der Waals surface area contributed by atoms with Crippen molar-refractivity contribution in [3.05, 3.63) is 65.7 Å². The molecule has 0 bridgehead atoms. The number of nitrogens with zero attached hydrogens (tertiary/aromatic N) is 2. The van der Waals surface area contributed by atoms with E-state index >= 15 is 0 Å². The number of rotatable bonds is 5. The van der Waals surface area contributed by atoms with Gasteiger partial charge < -0.3 is 5.32 Å². The summed E-state index contributed by atoms with van der Waals surface area (Å²) in [5.41, 5.74) is 1.73. The molecule has 1 amide bonds. The molecule has 0 spiro atoms. The molecule has 0 saturated heterocycles. The van der Waals surface area contributed by atoms with Crippen LogP contribution in [0.15, 0.2) is 48.5 Å². The molecule has 2 saturated carbocycles. The zero-order valence-corrected chi connectivity index (χ0v) is 16.1. The Balaban J connectivity index is 1.35. The van der Waals surface area contributed by atoms with Crippen LogP contribution >= 0.6 is 0 Å². The number of aromatic nitrogens is 3. The van der Waals surface area contributed by atoms with Crippen LogP contribution < -0.4 is 5.32 Å². The van der Waals surface area contributed by atoms with Crippen LogP contribution in [0, 0.1) is 5.82 Å². The second-order valence-corrected chi connectivity index (χ2v) is 8.15. The molecule has 29 heavy (non-hydrogen) atoms. The van der Waals surface area contributed by atoms with Gasteiger partial charge in [0, 0.05) is 17.2 Å². The van der Waals surface area contributed by atoms with Crippen molar-refractivity contribution in [2.45, 2.75) is 49.9 Å². The quantitative estimate of drug-likeness (QED) is 0.648. The molecule has 5 rings (SSSR count). The van der Waals surface area contributed by atoms with Gasteiger partial charge in [-0.05, 0) is 67.6 Å². The summed E-state index contributed by atoms with van der Waals surface area (Å²) in [6, 6.07) is 14.0. The largest absolute Gasteiger partial charge is 0.325 e. The molecule has 1 heterocycles. The van der Waals surface area contributed by atoms with E-state index in [-0.39, 0.29) is 11.7 Å². The van der Waals surface area contributed by atoms with E-state index in [0.717, 1.165) is 48.3 Å². The first-order valence-electron chi connectivity index (χ1n) is 10.2. The number of amides is 1. The van der Waals surface area contributed by atoms with Gasteiger partial charge in [-0.15, -0.1) is 0 Å². The van der Waals surface area contributed by atoms with E-state index in [9.17, 15) is 9.18 Å². The second-order valence-electron chi connectivity index (χ2n) is 8.15. The van der Waals surface area contributed by atoms with E-state index in [1.165, 1.54) is 25.0 Å². The zero-order chi connectivity index (χ0) is 19.8. The van der Waals surface area contributed by atoms with Crippen LogP contribution in [0.5, 0.6) is 0 Å². The van der Waals surface area contributed by atoms with Crippen molar-refractivity contribution in [2.24, 2.45) is 0 Å². The summed E-state index contributed by atoms with van der Waals surface area (Å²) in [6.07, 6.45) is 5.76. The van der Waals surface area contributed by atoms with E-state index in [4.69, 9.17) is 0 Å². The molecule has 148 valence electrons. The fraction of sp³-hybridized carbons (Fsp3) is 0.348. The Morgan fingerprint density at radius 2 is 1.86 bits per heavy atom. The van der Waals surface area contributed by atoms with Crippen molar-refractivity contribution in [1.29, 1.82) is 0 Å². The summed E-state index contributed by atoms with van der Waals surface area (Å²) >= 11 is 0. The third kappa shape index (κ3) is 3.43. The third-order valence-corrected chi connectivity index (χ3v) is 6.14. The van der Waals surface area contributed by atoms with Gasteiger partial charge in [-0.3, -0.25) is 9.89 Å². The number of halogens is 1. The molecule has 0 atom stereocenters. The first-order valence-corrected chi connectivity index (χ1v) is 10.2. The Hall–Kier alpha value is -3.02. The van der Waals surface area contributed by atoms with Gasteiger partial charge >= 0.3 is 0 Å². The molecule has 2 aromatic carbocycles. The topological polar surface area (TPSA) is 70.7 Å². The summed E-state index contributed by atoms with van der Waals surface area (Å²) in [5, 5.41) is 10.4. The van der Waals surface area contributed by atoms with E-state index in [1.807, 2.05) is 30.3 Å². The lowest BCUT2D eigenvalue weighted by atomic mass is 9.78. The average molecular weight is 390 g/mol. The van der Waals surface area contributed by atoms with Crippen LogP contribution in [0.3, 0.4) is 0 Å². The number of carbonyl (C=O) groups is 1. The highest BCUT2D eigenvalue weighted by atomic mass is 19.1. The Labute approximate surface area is 168 Å². The minimum absolute atomic E-state index is 0.0673. The van der Waals surface area contributed by atoms with Crippen LogP contribution in [-0.2, 0) is 10.2 Å². The van der Waals surface area contributed by atoms with Crippen LogP contribution in [0.1, 0.15) is 55.8 Å². The number of aromatic amines is 1. The molecule has 3 aromatic rings. The first kappa shape index (κ1) is 18.0. The van der Waals surface area contributed by atoms with Gasteiger partial charge in [-0.2, -0.15) is 5.10 Å². The number of hydrogen-bond acceptors (Lipinski definition) is 3. The SMILES string of the molecule is O=C(Nc1ccc(-c2n[nH]c(C3CC3)n2)cc1)C1(c2cccc(F)c2)CCCC1. The summed E-state index contributed by atoms with van der Waals surface area (Å²) in [6.45, 7) is 0. The zero-order valence-electron chi connectivity index (χ0n) is 16.1. The van der Waals surface area contributed by atoms with Gasteiger partial charge in [0.2, 0.25) is 5.91 Å². The maximum atomic E-state index is 13.8. The minimum atomic E-state index is -0.663. The standard InChI is InChI=1S/C23H23FN4O/c24-18-5-3-4-17(14-18)23(12-1-2-13-23)22(29)25-19-10-8-16(9-11-19)21-26-20(27-28-21)15-6-7-15/h3-5,8-11,14-15H,1-2,6-7,12-13H2,(H,25,29)(H,26,27,28). The molecule has 2 aliphatic rings. The Kier molecular flexibility index (Phi) is 4.42. The molecule has 6 heteroatoms. The van der Waals surface area contributed by atoms with Gasteiger partial charge in [0.25, 0.3) is 0 Å². The fourth-order valence-corrected chi connectivity index (χ4v) is 4.31. The normalized spacial score (nSPS) is 18.0. The highest BCUT2D eigenvalue weighted by Gasteiger charge is 2.42. The molecule has 0 unspecified atom stereocenters. The van der Waals surface area contributed by atoms with Crippen molar-refractivity contribution in [2.75, 3.05) is 5.32 Å². The molecule has 2 fully saturated rings. The van der Waals surface area contributed by atoms with Crippen LogP contribution in [0.25, 0.3) is 11.4 Å². The minimum Gasteiger partial charge on any atom is -0.325 e. The van der Waals surface area contributed by atoms with Crippen molar-refractivity contribution >= 4 is 11.6 Å². The van der Waals surface area contributed by atoms with Gasteiger partial charge in [0.1, 0.15) is 11.6 Å². The third-order valence-electron chi connectivity index (χ3n) is 6.14. The van der Waals surface area contributed by atoms with E-state index in [1.54, 1.807) is 6.07 Å². The van der Waals surface area contributed by atoms with Crippen LogP contribution in [-0.4, -0.2) is 21.1 Å². The molecular weight excluding hydrogens is 367 g/mol. The van der Waals surface area contributed by atoms with E-state index in [0.29, 0.717) is 11.7 Å². The lowest BCUT2D eigenvalue weighted by molar-refractivity contribution is -0.121. The monoisotopic (exact) mass is 390 g/mol. The van der Waals surface area contributed by atoms with Crippen molar-refractivity contribution in [3.63, 3.8) is 0 Å². The van der Waals surface area contributed by atoms with Crippen molar-refractivity contribution in [3.8, 4) is 11.4 Å². The average Bonchev–Trinajstić information content (AvgIpc) is 3.26. The predicted molar refractivity (Wildman–Crippen MR) is 109 cm³/mol. The number of anilines is 1. The summed E-state index contributed by atoms with van der Waals surface area (Å²) in [4.78, 5) is 17.8. The number of benzene rings is 2. The maximum Gasteiger partial charge on any atom is 0.235 e. The summed E-state index contributed by atoms with van der Waals surface area (Å²) in [5.74, 6) is 1.79. The van der Waals surface area contributed by atoms with E-state index < -0.39 is 5.41 Å². The summed E-state index contributed by atoms with van der Waals surface area (Å²) < 4.78 is 13.8. The fourth-order valence-electron chi connectivity index (χ4n) is 4.31. The van der Waals surface area contributed by atoms with Crippen molar-refractivity contribution < 1.29 is 9.18 Å². The number of nitrogens with one attached hydrogen (secondary N) is 2. The Morgan fingerprint density at radius 1 is 1.10 bits per heavy atom. The number of carbonyl (C=O) groups excluding carboxylic acids is 1. The lowest BCUT2D eigenvalue weighted by Crippen LogP contribution is -2.38. The smallest absolute Gasteiger partial charge is 0.235 e. The van der Waals surface area contributed by atoms with Gasteiger partial charge in [0.15, 0.2) is 5.82 Å². The molecule has 2 aliphatic carbocycles. The highest BCUT2D eigenvalue weighted by Crippen LogP contribution is 2.42. The van der Waals surface area contributed by atoms with Crippen molar-refractivity contribution in [1.82, 2.24) is 15.2 Å². The molecule has 5 nitrogen and oxygen atoms in total. The van der Waals surface area contributed by atoms with Crippen LogP contribution in [0.2, 0.25) is 0 Å². The lowest BCUT2D eigenvalue weighted by Gasteiger charge is -2.28. The molecular formula is C23H23FN4O. The molecule has 1 aromatic heterocycles. The van der Waals surface area contributed by atoms with Gasteiger partial charge in [-0.25, -0.2) is 9.37 Å². The highest BCUT2D eigenvalue weighted by molar-refractivity contribution is 5.99.